The van der Waals surface area contributed by atoms with Crippen LogP contribution in [0.1, 0.15) is 49.9 Å². The Kier molecular flexibility index (Phi) is 12.3. The summed E-state index contributed by atoms with van der Waals surface area (Å²) >= 11 is 0. The van der Waals surface area contributed by atoms with Gasteiger partial charge < -0.3 is 13.7 Å². The zero-order valence-electron chi connectivity index (χ0n) is 55.2. The molecule has 4 aromatic heterocycles. The number of hydrogen-bond donors (Lipinski definition) is 0. The van der Waals surface area contributed by atoms with E-state index in [2.05, 4.69) is 333 Å². The van der Waals surface area contributed by atoms with E-state index in [1.807, 2.05) is 24.3 Å². The third-order valence-corrected chi connectivity index (χ3v) is 21.7. The van der Waals surface area contributed by atoms with Crippen LogP contribution in [0.3, 0.4) is 0 Å². The van der Waals surface area contributed by atoms with Crippen LogP contribution in [0.25, 0.3) is 172 Å². The van der Waals surface area contributed by atoms with Gasteiger partial charge in [0, 0.05) is 76.9 Å². The first-order chi connectivity index (χ1) is 48.6. The van der Waals surface area contributed by atoms with Crippen molar-refractivity contribution in [2.24, 2.45) is 0 Å². The van der Waals surface area contributed by atoms with Gasteiger partial charge in [-0.3, -0.25) is 0 Å². The Morgan fingerprint density at radius 2 is 0.485 bits per heavy atom. The quantitative estimate of drug-likeness (QED) is 0.145. The molecule has 20 rings (SSSR count). The SMILES string of the molecule is CC1(C)c2ccccc2-c2ccc(-n3c4ccccc4c4ccc(-c5ccc6c7ccc(-c8ccc9c%10ccccc%10n(-c%10ccc%11c(c%10)C(C)(C)c%10ccccc%10-%11)c9c8)cc7n(-c7ccc(-c8nc(-c9ccccc9)nc(-c9ccc(-c%10ccccc%10)cc9)n8)cc7)c6c5)cc43)cc21. The first kappa shape index (κ1) is 56.8. The predicted molar refractivity (Wildman–Crippen MR) is 411 cm³/mol. The van der Waals surface area contributed by atoms with Gasteiger partial charge in [0.05, 0.1) is 33.1 Å². The molecule has 2 aliphatic carbocycles. The topological polar surface area (TPSA) is 53.5 Å². The molecule has 18 aromatic rings. The van der Waals surface area contributed by atoms with Crippen LogP contribution in [0, 0.1) is 0 Å². The van der Waals surface area contributed by atoms with E-state index in [4.69, 9.17) is 15.0 Å². The molecule has 0 radical (unpaired) electrons. The van der Waals surface area contributed by atoms with E-state index in [0.29, 0.717) is 17.5 Å². The Morgan fingerprint density at radius 1 is 0.202 bits per heavy atom. The van der Waals surface area contributed by atoms with Gasteiger partial charge in [-0.1, -0.05) is 258 Å². The van der Waals surface area contributed by atoms with Crippen molar-refractivity contribution >= 4 is 65.4 Å². The van der Waals surface area contributed by atoms with Gasteiger partial charge >= 0.3 is 0 Å². The van der Waals surface area contributed by atoms with E-state index >= 15 is 0 Å². The lowest BCUT2D eigenvalue weighted by Crippen LogP contribution is -2.15. The fraction of sp³-hybridized carbons (Fsp3) is 0.0645. The maximum absolute atomic E-state index is 5.23. The Morgan fingerprint density at radius 3 is 0.909 bits per heavy atom. The van der Waals surface area contributed by atoms with Gasteiger partial charge in [-0.15, -0.1) is 0 Å². The molecule has 4 heterocycles. The van der Waals surface area contributed by atoms with Gasteiger partial charge in [0.1, 0.15) is 0 Å². The molecule has 0 bridgehead atoms. The largest absolute Gasteiger partial charge is 0.309 e. The number of benzene rings is 14. The van der Waals surface area contributed by atoms with Crippen molar-refractivity contribution < 1.29 is 0 Å². The van der Waals surface area contributed by atoms with Crippen LogP contribution >= 0.6 is 0 Å². The zero-order chi connectivity index (χ0) is 65.8. The minimum absolute atomic E-state index is 0.135. The van der Waals surface area contributed by atoms with Gasteiger partial charge in [0.25, 0.3) is 0 Å². The monoisotopic (exact) mass is 1260 g/mol. The van der Waals surface area contributed by atoms with E-state index in [1.54, 1.807) is 0 Å². The van der Waals surface area contributed by atoms with Crippen LogP contribution in [0.4, 0.5) is 0 Å². The second-order valence-electron chi connectivity index (χ2n) is 27.9. The van der Waals surface area contributed by atoms with E-state index in [9.17, 15) is 0 Å². The van der Waals surface area contributed by atoms with Crippen LogP contribution in [0.15, 0.2) is 315 Å². The first-order valence-electron chi connectivity index (χ1n) is 34.3. The van der Waals surface area contributed by atoms with E-state index in [0.717, 1.165) is 78.2 Å². The molecule has 0 fully saturated rings. The molecule has 2 aliphatic rings. The molecule has 99 heavy (non-hydrogen) atoms. The maximum atomic E-state index is 5.23. The Labute approximate surface area is 573 Å². The van der Waals surface area contributed by atoms with Crippen LogP contribution in [-0.2, 0) is 10.8 Å². The fourth-order valence-electron chi connectivity index (χ4n) is 16.7. The van der Waals surface area contributed by atoms with E-state index in [-0.39, 0.29) is 10.8 Å². The Hall–Kier alpha value is -12.5. The zero-order valence-corrected chi connectivity index (χ0v) is 55.2. The average Bonchev–Trinajstić information content (AvgIpc) is 1.56. The summed E-state index contributed by atoms with van der Waals surface area (Å²) in [6.45, 7) is 9.46. The third-order valence-electron chi connectivity index (χ3n) is 21.7. The van der Waals surface area contributed by atoms with Crippen molar-refractivity contribution in [1.29, 1.82) is 0 Å². The van der Waals surface area contributed by atoms with Crippen molar-refractivity contribution in [1.82, 2.24) is 28.7 Å². The second kappa shape index (κ2) is 21.5. The molecular formula is C93H64N6. The Bertz CT molecular complexity index is 6100. The maximum Gasteiger partial charge on any atom is 0.164 e. The van der Waals surface area contributed by atoms with Gasteiger partial charge in [-0.2, -0.15) is 0 Å². The lowest BCUT2D eigenvalue weighted by atomic mass is 9.82. The van der Waals surface area contributed by atoms with Crippen molar-refractivity contribution in [3.05, 3.63) is 338 Å². The molecule has 0 saturated carbocycles. The van der Waals surface area contributed by atoms with E-state index in [1.165, 1.54) is 98.9 Å². The molecule has 6 heteroatoms. The number of rotatable bonds is 9. The van der Waals surface area contributed by atoms with Gasteiger partial charge in [0.2, 0.25) is 0 Å². The van der Waals surface area contributed by atoms with E-state index < -0.39 is 0 Å². The number of aromatic nitrogens is 6. The minimum atomic E-state index is -0.135. The van der Waals surface area contributed by atoms with Gasteiger partial charge in [-0.25, -0.2) is 15.0 Å². The summed E-state index contributed by atoms with van der Waals surface area (Å²) in [5, 5.41) is 7.26. The highest BCUT2D eigenvalue weighted by Crippen LogP contribution is 2.52. The van der Waals surface area contributed by atoms with Crippen LogP contribution in [0.2, 0.25) is 0 Å². The number of nitrogens with zero attached hydrogens (tertiary/aromatic N) is 6. The van der Waals surface area contributed by atoms with Gasteiger partial charge in [-0.05, 0) is 163 Å². The summed E-state index contributed by atoms with van der Waals surface area (Å²) in [6.07, 6.45) is 0. The van der Waals surface area contributed by atoms with Crippen molar-refractivity contribution in [2.75, 3.05) is 0 Å². The molecule has 14 aromatic carbocycles. The molecule has 0 spiro atoms. The highest BCUT2D eigenvalue weighted by atomic mass is 15.0. The standard InChI is InChI=1S/C93H64N6/c1-92(2)79-27-15-11-23-69(79)71-49-43-67(55-81(71)92)98-83-29-17-13-25-73(83)75-45-37-64(53-87(75)98)62-39-47-77-78-48-40-63(65-38-46-76-74-26-14-18-30-84(74)99(88(76)54-65)68-44-50-72-70-24-12-16-28-80(70)93(3,4)82(72)56-68)52-86(78)97(85(77)51-62)66-41-35-61(36-42-66)91-95-89(59-21-9-6-10-22-59)94-90(96-91)60-33-31-58(32-34-60)57-19-7-5-8-20-57/h5-56H,1-4H3. The lowest BCUT2D eigenvalue weighted by molar-refractivity contribution is 0.660. The van der Waals surface area contributed by atoms with Gasteiger partial charge in [0.15, 0.2) is 17.5 Å². The summed E-state index contributed by atoms with van der Waals surface area (Å²) in [7, 11) is 0. The molecule has 0 N–H and O–H groups in total. The second-order valence-corrected chi connectivity index (χ2v) is 27.9. The van der Waals surface area contributed by atoms with Crippen molar-refractivity contribution in [3.8, 4) is 107 Å². The molecule has 0 saturated heterocycles. The number of para-hydroxylation sites is 2. The lowest BCUT2D eigenvalue weighted by Gasteiger charge is -2.22. The summed E-state index contributed by atoms with van der Waals surface area (Å²) in [6, 6.07) is 116. The third kappa shape index (κ3) is 8.72. The van der Waals surface area contributed by atoms with Crippen LogP contribution in [-0.4, -0.2) is 28.7 Å². The smallest absolute Gasteiger partial charge is 0.164 e. The minimum Gasteiger partial charge on any atom is -0.309 e. The fourth-order valence-corrected chi connectivity index (χ4v) is 16.7. The predicted octanol–water partition coefficient (Wildman–Crippen LogP) is 23.8. The number of hydrogen-bond acceptors (Lipinski definition) is 3. The molecule has 6 nitrogen and oxygen atoms in total. The molecule has 0 aliphatic heterocycles. The van der Waals surface area contributed by atoms with Crippen LogP contribution < -0.4 is 0 Å². The molecule has 0 atom stereocenters. The summed E-state index contributed by atoms with van der Waals surface area (Å²) < 4.78 is 7.42. The summed E-state index contributed by atoms with van der Waals surface area (Å²) in [5.74, 6) is 1.84. The molecular weight excluding hydrogens is 1200 g/mol. The highest BCUT2D eigenvalue weighted by Gasteiger charge is 2.37. The molecule has 0 unspecified atom stereocenters. The Balaban J connectivity index is 0.750. The highest BCUT2D eigenvalue weighted by molar-refractivity contribution is 6.14. The first-order valence-corrected chi connectivity index (χ1v) is 34.3. The average molecular weight is 1270 g/mol. The number of fused-ring (bicyclic) bond motifs is 15. The normalized spacial score (nSPS) is 13.4. The molecule has 466 valence electrons. The van der Waals surface area contributed by atoms with Crippen molar-refractivity contribution in [3.63, 3.8) is 0 Å². The summed E-state index contributed by atoms with van der Waals surface area (Å²) in [5.41, 5.74) is 30.3. The molecule has 0 amide bonds. The van der Waals surface area contributed by atoms with Crippen molar-refractivity contribution in [2.45, 2.75) is 38.5 Å². The summed E-state index contributed by atoms with van der Waals surface area (Å²) in [4.78, 5) is 15.5. The van der Waals surface area contributed by atoms with Crippen LogP contribution in [0.5, 0.6) is 0 Å².